The van der Waals surface area contributed by atoms with Crippen molar-refractivity contribution in [2.24, 2.45) is 7.05 Å². The number of aromatic nitrogens is 1. The average Bonchev–Trinajstić information content (AvgIpc) is 2.33. The van der Waals surface area contributed by atoms with E-state index in [1.165, 1.54) is 0 Å². The Morgan fingerprint density at radius 1 is 1.24 bits per heavy atom. The number of benzene rings is 1. The number of hydrogen-bond donors (Lipinski definition) is 1. The largest absolute Gasteiger partial charge is 0.399 e. The molecule has 17 heavy (non-hydrogen) atoms. The first-order valence-electron chi connectivity index (χ1n) is 5.68. The molecule has 0 unspecified atom stereocenters. The van der Waals surface area contributed by atoms with Crippen molar-refractivity contribution < 1.29 is 0 Å². The molecule has 0 fully saturated rings. The first-order chi connectivity index (χ1) is 8.13. The minimum Gasteiger partial charge on any atom is -0.399 e. The highest BCUT2D eigenvalue weighted by Gasteiger charge is 2.08. The molecule has 2 aromatic rings. The minimum absolute atomic E-state index is 0.0203. The summed E-state index contributed by atoms with van der Waals surface area (Å²) in [5.41, 5.74) is 9.33. The fraction of sp³-hybridized carbons (Fsp3) is 0.214. The number of hydrogen-bond acceptors (Lipinski definition) is 2. The van der Waals surface area contributed by atoms with E-state index in [1.54, 1.807) is 17.8 Å². The lowest BCUT2D eigenvalue weighted by molar-refractivity contribution is 0.862. The topological polar surface area (TPSA) is 48.0 Å². The van der Waals surface area contributed by atoms with Gasteiger partial charge in [-0.1, -0.05) is 13.0 Å². The normalized spacial score (nSPS) is 10.5. The Kier molecular flexibility index (Phi) is 3.00. The monoisotopic (exact) mass is 228 g/mol. The molecule has 1 aromatic heterocycles. The third-order valence-corrected chi connectivity index (χ3v) is 2.92. The van der Waals surface area contributed by atoms with E-state index < -0.39 is 0 Å². The van der Waals surface area contributed by atoms with Crippen molar-refractivity contribution in [2.45, 2.75) is 13.3 Å². The predicted octanol–water partition coefficient (Wildman–Crippen LogP) is 2.20. The fourth-order valence-electron chi connectivity index (χ4n) is 1.97. The second-order valence-corrected chi connectivity index (χ2v) is 4.11. The molecule has 0 saturated carbocycles. The summed E-state index contributed by atoms with van der Waals surface area (Å²) in [5, 5.41) is 0. The van der Waals surface area contributed by atoms with Crippen LogP contribution in [0, 0.1) is 0 Å². The summed E-state index contributed by atoms with van der Waals surface area (Å²) in [6.45, 7) is 2.06. The third kappa shape index (κ3) is 2.09. The standard InChI is InChI=1S/C14H16N2O/c1-3-10-9-11(15)6-7-12(10)13-5-4-8-16(2)14(13)17/h4-9H,3,15H2,1-2H3. The van der Waals surface area contributed by atoms with Gasteiger partial charge >= 0.3 is 0 Å². The summed E-state index contributed by atoms with van der Waals surface area (Å²) >= 11 is 0. The molecule has 0 radical (unpaired) electrons. The van der Waals surface area contributed by atoms with Gasteiger partial charge in [0.25, 0.3) is 5.56 Å². The molecular weight excluding hydrogens is 212 g/mol. The Morgan fingerprint density at radius 2 is 2.00 bits per heavy atom. The quantitative estimate of drug-likeness (QED) is 0.801. The lowest BCUT2D eigenvalue weighted by Gasteiger charge is -2.09. The van der Waals surface area contributed by atoms with Crippen molar-refractivity contribution in [3.8, 4) is 11.1 Å². The second-order valence-electron chi connectivity index (χ2n) is 4.11. The van der Waals surface area contributed by atoms with Gasteiger partial charge in [0.15, 0.2) is 0 Å². The molecule has 88 valence electrons. The van der Waals surface area contributed by atoms with Crippen LogP contribution in [0.2, 0.25) is 0 Å². The Balaban J connectivity index is 2.68. The van der Waals surface area contributed by atoms with Crippen molar-refractivity contribution in [1.29, 1.82) is 0 Å². The predicted molar refractivity (Wildman–Crippen MR) is 70.9 cm³/mol. The molecule has 0 aliphatic heterocycles. The molecule has 1 aromatic carbocycles. The highest BCUT2D eigenvalue weighted by Crippen LogP contribution is 2.23. The van der Waals surface area contributed by atoms with Crippen LogP contribution < -0.4 is 11.3 Å². The maximum Gasteiger partial charge on any atom is 0.258 e. The molecule has 2 rings (SSSR count). The van der Waals surface area contributed by atoms with E-state index in [1.807, 2.05) is 30.3 Å². The van der Waals surface area contributed by atoms with E-state index in [2.05, 4.69) is 6.92 Å². The van der Waals surface area contributed by atoms with E-state index in [0.29, 0.717) is 0 Å². The number of anilines is 1. The number of pyridine rings is 1. The summed E-state index contributed by atoms with van der Waals surface area (Å²) in [5.74, 6) is 0. The van der Waals surface area contributed by atoms with Crippen molar-refractivity contribution in [3.63, 3.8) is 0 Å². The van der Waals surface area contributed by atoms with Gasteiger partial charge in [-0.3, -0.25) is 4.79 Å². The molecule has 1 heterocycles. The van der Waals surface area contributed by atoms with Crippen molar-refractivity contribution >= 4 is 5.69 Å². The van der Waals surface area contributed by atoms with E-state index in [0.717, 1.165) is 28.8 Å². The Labute approximate surface area is 101 Å². The van der Waals surface area contributed by atoms with Gasteiger partial charge in [-0.2, -0.15) is 0 Å². The lowest BCUT2D eigenvalue weighted by Crippen LogP contribution is -2.17. The molecule has 0 amide bonds. The maximum absolute atomic E-state index is 12.1. The van der Waals surface area contributed by atoms with Gasteiger partial charge in [-0.25, -0.2) is 0 Å². The third-order valence-electron chi connectivity index (χ3n) is 2.92. The molecule has 2 N–H and O–H groups in total. The van der Waals surface area contributed by atoms with Crippen LogP contribution in [0.4, 0.5) is 5.69 Å². The smallest absolute Gasteiger partial charge is 0.258 e. The summed E-state index contributed by atoms with van der Waals surface area (Å²) < 4.78 is 1.59. The van der Waals surface area contributed by atoms with Crippen LogP contribution in [0.15, 0.2) is 41.3 Å². The molecule has 0 aliphatic carbocycles. The summed E-state index contributed by atoms with van der Waals surface area (Å²) in [7, 11) is 1.76. The molecule has 0 bridgehead atoms. The number of nitrogens with two attached hydrogens (primary N) is 1. The number of rotatable bonds is 2. The maximum atomic E-state index is 12.1. The van der Waals surface area contributed by atoms with Gasteiger partial charge in [0.1, 0.15) is 0 Å². The number of nitrogen functional groups attached to an aromatic ring is 1. The van der Waals surface area contributed by atoms with Gasteiger partial charge < -0.3 is 10.3 Å². The van der Waals surface area contributed by atoms with E-state index in [-0.39, 0.29) is 5.56 Å². The Hall–Kier alpha value is -2.03. The average molecular weight is 228 g/mol. The van der Waals surface area contributed by atoms with Crippen molar-refractivity contribution in [2.75, 3.05) is 5.73 Å². The van der Waals surface area contributed by atoms with Crippen LogP contribution in [0.5, 0.6) is 0 Å². The van der Waals surface area contributed by atoms with Crippen LogP contribution in [-0.4, -0.2) is 4.57 Å². The molecule has 0 aliphatic rings. The zero-order valence-corrected chi connectivity index (χ0v) is 10.1. The zero-order valence-electron chi connectivity index (χ0n) is 10.1. The number of aryl methyl sites for hydroxylation is 2. The summed E-state index contributed by atoms with van der Waals surface area (Å²) in [6.07, 6.45) is 2.62. The highest BCUT2D eigenvalue weighted by atomic mass is 16.1. The Morgan fingerprint density at radius 3 is 2.71 bits per heavy atom. The van der Waals surface area contributed by atoms with Crippen molar-refractivity contribution in [1.82, 2.24) is 4.57 Å². The lowest BCUT2D eigenvalue weighted by atomic mass is 9.98. The second kappa shape index (κ2) is 4.45. The van der Waals surface area contributed by atoms with E-state index in [4.69, 9.17) is 5.73 Å². The highest BCUT2D eigenvalue weighted by molar-refractivity contribution is 5.69. The van der Waals surface area contributed by atoms with Crippen molar-refractivity contribution in [3.05, 3.63) is 52.4 Å². The van der Waals surface area contributed by atoms with Crippen LogP contribution >= 0.6 is 0 Å². The van der Waals surface area contributed by atoms with E-state index >= 15 is 0 Å². The number of nitrogens with zero attached hydrogens (tertiary/aromatic N) is 1. The van der Waals surface area contributed by atoms with E-state index in [9.17, 15) is 4.79 Å². The van der Waals surface area contributed by atoms with Gasteiger partial charge in [0.05, 0.1) is 0 Å². The SMILES string of the molecule is CCc1cc(N)ccc1-c1cccn(C)c1=O. The summed E-state index contributed by atoms with van der Waals surface area (Å²) in [4.78, 5) is 12.1. The fourth-order valence-corrected chi connectivity index (χ4v) is 1.97. The van der Waals surface area contributed by atoms with Gasteiger partial charge in [-0.05, 0) is 41.8 Å². The van der Waals surface area contributed by atoms with Crippen LogP contribution in [0.3, 0.4) is 0 Å². The van der Waals surface area contributed by atoms with Gasteiger partial charge in [0, 0.05) is 24.5 Å². The van der Waals surface area contributed by atoms with Gasteiger partial charge in [-0.15, -0.1) is 0 Å². The molecule has 3 nitrogen and oxygen atoms in total. The Bertz CT molecular complexity index is 599. The molecule has 0 atom stereocenters. The molecule has 0 saturated heterocycles. The van der Waals surface area contributed by atoms with Crippen LogP contribution in [0.1, 0.15) is 12.5 Å². The molecular formula is C14H16N2O. The minimum atomic E-state index is 0.0203. The first-order valence-corrected chi connectivity index (χ1v) is 5.68. The first kappa shape index (κ1) is 11.5. The van der Waals surface area contributed by atoms with Crippen LogP contribution in [-0.2, 0) is 13.5 Å². The molecule has 0 spiro atoms. The van der Waals surface area contributed by atoms with Gasteiger partial charge in [0.2, 0.25) is 0 Å². The zero-order chi connectivity index (χ0) is 12.4. The molecule has 3 heteroatoms. The summed E-state index contributed by atoms with van der Waals surface area (Å²) in [6, 6.07) is 9.42. The van der Waals surface area contributed by atoms with Crippen LogP contribution in [0.25, 0.3) is 11.1 Å².